The van der Waals surface area contributed by atoms with Gasteiger partial charge in [-0.1, -0.05) is 36.9 Å². The summed E-state index contributed by atoms with van der Waals surface area (Å²) in [6.45, 7) is 4.32. The van der Waals surface area contributed by atoms with Gasteiger partial charge in [0.1, 0.15) is 12.5 Å². The van der Waals surface area contributed by atoms with Crippen LogP contribution in [0.4, 0.5) is 0 Å². The number of nitrogens with one attached hydrogen (secondary N) is 2. The maximum atomic E-state index is 13.1. The van der Waals surface area contributed by atoms with Crippen LogP contribution in [0.2, 0.25) is 0 Å². The molecule has 3 heterocycles. The summed E-state index contributed by atoms with van der Waals surface area (Å²) < 4.78 is 38.6. The van der Waals surface area contributed by atoms with Crippen LogP contribution >= 0.6 is 0 Å². The highest BCUT2D eigenvalue weighted by atomic mass is 32.2. The Bertz CT molecular complexity index is 1110. The molecular weight excluding hydrogens is 446 g/mol. The summed E-state index contributed by atoms with van der Waals surface area (Å²) in [6.07, 6.45) is 3.46. The fourth-order valence-electron chi connectivity index (χ4n) is 4.20. The van der Waals surface area contributed by atoms with Gasteiger partial charge in [0.25, 0.3) is 15.9 Å². The lowest BCUT2D eigenvalue weighted by atomic mass is 9.94. The molecule has 2 aromatic rings. The number of fused-ring (bicyclic) bond motifs is 1. The highest BCUT2D eigenvalue weighted by Crippen LogP contribution is 2.34. The van der Waals surface area contributed by atoms with Crippen LogP contribution in [-0.4, -0.2) is 56.5 Å². The molecule has 33 heavy (non-hydrogen) atoms. The van der Waals surface area contributed by atoms with E-state index in [1.165, 1.54) is 16.4 Å². The Morgan fingerprint density at radius 2 is 2.03 bits per heavy atom. The van der Waals surface area contributed by atoms with E-state index < -0.39 is 22.2 Å². The van der Waals surface area contributed by atoms with E-state index in [1.807, 2.05) is 30.3 Å². The fourth-order valence-corrected chi connectivity index (χ4v) is 5.59. The number of hydrogen-bond acceptors (Lipinski definition) is 6. The molecule has 2 aliphatic rings. The standard InChI is InChI=1S/C23H27N3O6S/c1-2-20(27)25-21-12-17-9-11-26(14-19(17)32-21)33(29,30)22-13-18(15-31-22)23(28)24-10-8-16-6-4-3-5-7-16/h2-7,13,15,17,19,21H,1,8-12,14H2,(H,24,28)(H,25,27). The SMILES string of the molecule is C=CC(=O)NC1CC2CCN(S(=O)(=O)c3cc(C(=O)NCCc4ccccc4)co3)CC2O1. The molecule has 1 aromatic heterocycles. The highest BCUT2D eigenvalue weighted by Gasteiger charge is 2.43. The summed E-state index contributed by atoms with van der Waals surface area (Å²) in [5.74, 6) is -0.558. The number of amides is 2. The van der Waals surface area contributed by atoms with Crippen LogP contribution in [0.5, 0.6) is 0 Å². The number of hydrogen-bond donors (Lipinski definition) is 2. The Hall–Kier alpha value is -2.95. The fraction of sp³-hybridized carbons (Fsp3) is 0.391. The van der Waals surface area contributed by atoms with Gasteiger partial charge in [0, 0.05) is 25.7 Å². The van der Waals surface area contributed by atoms with Crippen molar-refractivity contribution in [2.45, 2.75) is 36.7 Å². The number of ether oxygens (including phenoxy) is 1. The summed E-state index contributed by atoms with van der Waals surface area (Å²) in [7, 11) is -3.92. The van der Waals surface area contributed by atoms with E-state index in [0.29, 0.717) is 32.4 Å². The van der Waals surface area contributed by atoms with Gasteiger partial charge < -0.3 is 19.8 Å². The van der Waals surface area contributed by atoms with E-state index in [4.69, 9.17) is 9.15 Å². The molecule has 2 saturated heterocycles. The van der Waals surface area contributed by atoms with E-state index in [0.717, 1.165) is 11.8 Å². The molecule has 2 aliphatic heterocycles. The van der Waals surface area contributed by atoms with Gasteiger partial charge in [-0.05, 0) is 36.8 Å². The minimum atomic E-state index is -3.92. The molecule has 4 rings (SSSR count). The molecule has 3 atom stereocenters. The van der Waals surface area contributed by atoms with Crippen LogP contribution < -0.4 is 10.6 Å². The molecule has 0 radical (unpaired) electrons. The van der Waals surface area contributed by atoms with Gasteiger partial charge in [0.05, 0.1) is 11.7 Å². The second kappa shape index (κ2) is 9.90. The lowest BCUT2D eigenvalue weighted by Crippen LogP contribution is -2.45. The summed E-state index contributed by atoms with van der Waals surface area (Å²) in [6, 6.07) is 11.0. The van der Waals surface area contributed by atoms with Crippen LogP contribution in [0.3, 0.4) is 0 Å². The molecule has 10 heteroatoms. The summed E-state index contributed by atoms with van der Waals surface area (Å²) >= 11 is 0. The first-order valence-corrected chi connectivity index (χ1v) is 12.3. The maximum Gasteiger partial charge on any atom is 0.276 e. The van der Waals surface area contributed by atoms with Crippen molar-refractivity contribution in [3.05, 3.63) is 66.4 Å². The second-order valence-electron chi connectivity index (χ2n) is 8.17. The number of rotatable bonds is 8. The third-order valence-electron chi connectivity index (χ3n) is 5.98. The van der Waals surface area contributed by atoms with Crippen LogP contribution in [-0.2, 0) is 26.0 Å². The molecule has 0 aliphatic carbocycles. The largest absolute Gasteiger partial charge is 0.451 e. The lowest BCUT2D eigenvalue weighted by Gasteiger charge is -2.32. The van der Waals surface area contributed by atoms with Gasteiger partial charge in [0.15, 0.2) is 0 Å². The van der Waals surface area contributed by atoms with E-state index in [-0.39, 0.29) is 35.1 Å². The van der Waals surface area contributed by atoms with Crippen molar-refractivity contribution in [3.8, 4) is 0 Å². The van der Waals surface area contributed by atoms with Gasteiger partial charge in [-0.25, -0.2) is 8.42 Å². The topological polar surface area (TPSA) is 118 Å². The molecule has 176 valence electrons. The van der Waals surface area contributed by atoms with Crippen molar-refractivity contribution in [1.29, 1.82) is 0 Å². The Kier molecular flexibility index (Phi) is 6.96. The third-order valence-corrected chi connectivity index (χ3v) is 7.71. The predicted octanol–water partition coefficient (Wildman–Crippen LogP) is 1.68. The zero-order chi connectivity index (χ0) is 23.4. The summed E-state index contributed by atoms with van der Waals surface area (Å²) in [4.78, 5) is 23.9. The van der Waals surface area contributed by atoms with Crippen LogP contribution in [0.15, 0.2) is 64.8 Å². The van der Waals surface area contributed by atoms with E-state index in [1.54, 1.807) is 0 Å². The minimum absolute atomic E-state index is 0.154. The first-order chi connectivity index (χ1) is 15.9. The quantitative estimate of drug-likeness (QED) is 0.564. The zero-order valence-electron chi connectivity index (χ0n) is 18.1. The second-order valence-corrected chi connectivity index (χ2v) is 10.0. The summed E-state index contributed by atoms with van der Waals surface area (Å²) in [5, 5.41) is 5.21. The lowest BCUT2D eigenvalue weighted by molar-refractivity contribution is -0.120. The normalized spacial score (nSPS) is 23.0. The predicted molar refractivity (Wildman–Crippen MR) is 120 cm³/mol. The Balaban J connectivity index is 1.34. The van der Waals surface area contributed by atoms with Crippen molar-refractivity contribution in [2.24, 2.45) is 5.92 Å². The number of benzene rings is 1. The Morgan fingerprint density at radius 3 is 2.79 bits per heavy atom. The van der Waals surface area contributed by atoms with Crippen LogP contribution in [0.1, 0.15) is 28.8 Å². The third kappa shape index (κ3) is 5.35. The zero-order valence-corrected chi connectivity index (χ0v) is 18.9. The minimum Gasteiger partial charge on any atom is -0.451 e. The number of sulfonamides is 1. The van der Waals surface area contributed by atoms with Crippen LogP contribution in [0, 0.1) is 5.92 Å². The molecule has 0 bridgehead atoms. The first-order valence-electron chi connectivity index (χ1n) is 10.9. The molecule has 0 spiro atoms. The molecule has 0 saturated carbocycles. The molecule has 2 N–H and O–H groups in total. The van der Waals surface area contributed by atoms with Crippen molar-refractivity contribution in [1.82, 2.24) is 14.9 Å². The van der Waals surface area contributed by atoms with Crippen molar-refractivity contribution >= 4 is 21.8 Å². The average molecular weight is 474 g/mol. The van der Waals surface area contributed by atoms with E-state index in [2.05, 4.69) is 17.2 Å². The van der Waals surface area contributed by atoms with Crippen molar-refractivity contribution in [2.75, 3.05) is 19.6 Å². The molecule has 9 nitrogen and oxygen atoms in total. The molecule has 3 unspecified atom stereocenters. The number of piperidine rings is 1. The Labute approximate surface area is 192 Å². The summed E-state index contributed by atoms with van der Waals surface area (Å²) in [5.41, 5.74) is 1.25. The van der Waals surface area contributed by atoms with Gasteiger partial charge >= 0.3 is 0 Å². The molecule has 2 amide bonds. The van der Waals surface area contributed by atoms with Gasteiger partial charge in [-0.2, -0.15) is 4.31 Å². The smallest absolute Gasteiger partial charge is 0.276 e. The maximum absolute atomic E-state index is 13.1. The molecule has 2 fully saturated rings. The van der Waals surface area contributed by atoms with Crippen molar-refractivity contribution in [3.63, 3.8) is 0 Å². The van der Waals surface area contributed by atoms with E-state index in [9.17, 15) is 18.0 Å². The van der Waals surface area contributed by atoms with Gasteiger partial charge in [-0.15, -0.1) is 0 Å². The van der Waals surface area contributed by atoms with E-state index >= 15 is 0 Å². The monoisotopic (exact) mass is 473 g/mol. The van der Waals surface area contributed by atoms with Crippen molar-refractivity contribution < 1.29 is 27.2 Å². The van der Waals surface area contributed by atoms with Gasteiger partial charge in [0.2, 0.25) is 11.0 Å². The van der Waals surface area contributed by atoms with Crippen LogP contribution in [0.25, 0.3) is 0 Å². The highest BCUT2D eigenvalue weighted by molar-refractivity contribution is 7.89. The Morgan fingerprint density at radius 1 is 1.24 bits per heavy atom. The number of carbonyl (C=O) groups is 2. The molecular formula is C23H27N3O6S. The van der Waals surface area contributed by atoms with Gasteiger partial charge in [-0.3, -0.25) is 9.59 Å². The first kappa shape index (κ1) is 23.2. The number of furan rings is 1. The molecule has 1 aromatic carbocycles. The number of nitrogens with zero attached hydrogens (tertiary/aromatic N) is 1. The average Bonchev–Trinajstić information content (AvgIpc) is 3.46. The number of carbonyl (C=O) groups excluding carboxylic acids is 2.